The molecule has 3 aromatic carbocycles. The second-order valence-electron chi connectivity index (χ2n) is 8.92. The summed E-state index contributed by atoms with van der Waals surface area (Å²) < 4.78 is 20.5. The zero-order valence-electron chi connectivity index (χ0n) is 19.8. The molecule has 2 atom stereocenters. The summed E-state index contributed by atoms with van der Waals surface area (Å²) in [5.41, 5.74) is 3.14. The van der Waals surface area contributed by atoms with Crippen molar-refractivity contribution in [3.05, 3.63) is 108 Å². The third kappa shape index (κ3) is 4.14. The molecule has 2 aromatic heterocycles. The molecule has 5 aromatic rings. The maximum absolute atomic E-state index is 13.4. The van der Waals surface area contributed by atoms with Gasteiger partial charge in [-0.3, -0.25) is 9.59 Å². The lowest BCUT2D eigenvalue weighted by molar-refractivity contribution is -0.117. The number of hydrogen-bond acceptors (Lipinski definition) is 5. The summed E-state index contributed by atoms with van der Waals surface area (Å²) >= 11 is 0. The Morgan fingerprint density at radius 1 is 1.03 bits per heavy atom. The number of nitrogens with one attached hydrogen (secondary N) is 1. The summed E-state index contributed by atoms with van der Waals surface area (Å²) in [4.78, 5) is 31.9. The van der Waals surface area contributed by atoms with Crippen molar-refractivity contribution in [1.82, 2.24) is 20.1 Å². The molecule has 1 saturated heterocycles. The fourth-order valence-electron chi connectivity index (χ4n) is 4.86. The molecule has 184 valence electrons. The van der Waals surface area contributed by atoms with Gasteiger partial charge in [0, 0.05) is 24.4 Å². The predicted molar refractivity (Wildman–Crippen MR) is 135 cm³/mol. The molecule has 0 radical (unpaired) electrons. The van der Waals surface area contributed by atoms with E-state index in [4.69, 9.17) is 4.42 Å². The van der Waals surface area contributed by atoms with Crippen LogP contribution < -0.4 is 10.2 Å². The maximum Gasteiger partial charge on any atom is 0.289 e. The quantitative estimate of drug-likeness (QED) is 0.380. The Balaban J connectivity index is 1.36. The highest BCUT2D eigenvalue weighted by molar-refractivity contribution is 6.00. The second kappa shape index (κ2) is 9.02. The van der Waals surface area contributed by atoms with Crippen molar-refractivity contribution < 1.29 is 18.4 Å². The predicted octanol–water partition coefficient (Wildman–Crippen LogP) is 4.74. The van der Waals surface area contributed by atoms with Gasteiger partial charge in [-0.25, -0.2) is 14.1 Å². The first-order valence-corrected chi connectivity index (χ1v) is 11.8. The number of benzene rings is 3. The van der Waals surface area contributed by atoms with Crippen LogP contribution in [0.5, 0.6) is 0 Å². The summed E-state index contributed by atoms with van der Waals surface area (Å²) in [6.07, 6.45) is 3.22. The number of nitrogens with zero attached hydrogens (tertiary/aromatic N) is 4. The molecule has 1 aliphatic rings. The van der Waals surface area contributed by atoms with Gasteiger partial charge in [0.1, 0.15) is 5.82 Å². The van der Waals surface area contributed by atoms with E-state index in [1.54, 1.807) is 34.8 Å². The summed E-state index contributed by atoms with van der Waals surface area (Å²) in [6, 6.07) is 20.5. The van der Waals surface area contributed by atoms with E-state index < -0.39 is 18.0 Å². The van der Waals surface area contributed by atoms with E-state index in [0.29, 0.717) is 11.6 Å². The highest BCUT2D eigenvalue weighted by Gasteiger charge is 2.42. The summed E-state index contributed by atoms with van der Waals surface area (Å²) in [5, 5.41) is 8.26. The molecule has 1 aliphatic heterocycles. The molecule has 0 spiro atoms. The van der Waals surface area contributed by atoms with Gasteiger partial charge in [0.2, 0.25) is 11.7 Å². The first-order valence-electron chi connectivity index (χ1n) is 11.8. The zero-order valence-corrected chi connectivity index (χ0v) is 19.8. The minimum Gasteiger partial charge on any atom is -0.436 e. The number of amides is 2. The Hall–Kier alpha value is -4.79. The Bertz CT molecular complexity index is 1610. The van der Waals surface area contributed by atoms with Gasteiger partial charge in [-0.15, -0.1) is 0 Å². The Morgan fingerprint density at radius 3 is 2.51 bits per heavy atom. The van der Waals surface area contributed by atoms with Crippen LogP contribution in [0.1, 0.15) is 34.5 Å². The monoisotopic (exact) mass is 495 g/mol. The first-order chi connectivity index (χ1) is 18.0. The van der Waals surface area contributed by atoms with Gasteiger partial charge in [0.15, 0.2) is 5.89 Å². The van der Waals surface area contributed by atoms with Crippen molar-refractivity contribution in [2.75, 3.05) is 4.90 Å². The smallest absolute Gasteiger partial charge is 0.289 e. The van der Waals surface area contributed by atoms with Crippen molar-refractivity contribution in [3.8, 4) is 5.69 Å². The highest BCUT2D eigenvalue weighted by atomic mass is 19.1. The number of rotatable bonds is 5. The molecule has 1 fully saturated rings. The Morgan fingerprint density at radius 2 is 1.78 bits per heavy atom. The summed E-state index contributed by atoms with van der Waals surface area (Å²) in [7, 11) is 0. The average Bonchev–Trinajstić information content (AvgIpc) is 3.61. The number of aryl methyl sites for hydroxylation is 1. The molecule has 6 rings (SSSR count). The molecule has 0 bridgehead atoms. The van der Waals surface area contributed by atoms with Gasteiger partial charge in [0.05, 0.1) is 35.7 Å². The van der Waals surface area contributed by atoms with E-state index in [0.717, 1.165) is 22.2 Å². The lowest BCUT2D eigenvalue weighted by Gasteiger charge is -2.29. The van der Waals surface area contributed by atoms with E-state index >= 15 is 0 Å². The van der Waals surface area contributed by atoms with Crippen LogP contribution in [0.4, 0.5) is 10.1 Å². The van der Waals surface area contributed by atoms with Crippen molar-refractivity contribution in [1.29, 1.82) is 0 Å². The van der Waals surface area contributed by atoms with E-state index in [2.05, 4.69) is 15.4 Å². The van der Waals surface area contributed by atoms with Crippen LogP contribution in [0.25, 0.3) is 16.6 Å². The number of fused-ring (bicyclic) bond motifs is 1. The van der Waals surface area contributed by atoms with Crippen LogP contribution >= 0.6 is 0 Å². The van der Waals surface area contributed by atoms with Crippen molar-refractivity contribution >= 4 is 28.4 Å². The average molecular weight is 496 g/mol. The normalized spacial score (nSPS) is 17.5. The molecule has 8 nitrogen and oxygen atoms in total. The molecular weight excluding hydrogens is 473 g/mol. The zero-order chi connectivity index (χ0) is 25.5. The minimum atomic E-state index is -0.481. The Labute approximate surface area is 211 Å². The fraction of sp³-hybridized carbons (Fsp3) is 0.143. The standard InChI is InChI=1S/C28H22FN5O3/c1-17-30-16-25(37-17)28(36)32-23-14-26(35)33(27(23)18-5-3-2-4-6-18)22-11-12-24-19(13-22)15-31-34(24)21-9-7-20(29)8-10-21/h2-13,15-16,23,27H,14H2,1H3,(H,32,36)/t23-,27+/m0/s1. The van der Waals surface area contributed by atoms with Gasteiger partial charge in [-0.2, -0.15) is 5.10 Å². The number of anilines is 1. The van der Waals surface area contributed by atoms with Gasteiger partial charge >= 0.3 is 0 Å². The second-order valence-corrected chi connectivity index (χ2v) is 8.92. The summed E-state index contributed by atoms with van der Waals surface area (Å²) in [5.74, 6) is -0.356. The van der Waals surface area contributed by atoms with Gasteiger partial charge in [-0.05, 0) is 48.0 Å². The number of aromatic nitrogens is 3. The van der Waals surface area contributed by atoms with Crippen molar-refractivity contribution in [2.45, 2.75) is 25.4 Å². The largest absolute Gasteiger partial charge is 0.436 e. The SMILES string of the molecule is Cc1ncc(C(=O)N[C@H]2CC(=O)N(c3ccc4c(cnn4-c4ccc(F)cc4)c3)[C@@H]2c2ccccc2)o1. The van der Waals surface area contributed by atoms with Crippen molar-refractivity contribution in [2.24, 2.45) is 0 Å². The van der Waals surface area contributed by atoms with Crippen LogP contribution in [0, 0.1) is 12.7 Å². The topological polar surface area (TPSA) is 93.3 Å². The third-order valence-corrected chi connectivity index (χ3v) is 6.53. The number of halogens is 1. The molecule has 2 amide bonds. The van der Waals surface area contributed by atoms with Crippen LogP contribution in [-0.2, 0) is 4.79 Å². The van der Waals surface area contributed by atoms with E-state index in [9.17, 15) is 14.0 Å². The number of oxazole rings is 1. The summed E-state index contributed by atoms with van der Waals surface area (Å²) in [6.45, 7) is 1.67. The lowest BCUT2D eigenvalue weighted by Crippen LogP contribution is -2.39. The number of carbonyl (C=O) groups is 2. The van der Waals surface area contributed by atoms with Crippen LogP contribution in [0.3, 0.4) is 0 Å². The van der Waals surface area contributed by atoms with Crippen LogP contribution in [0.15, 0.2) is 89.6 Å². The van der Waals surface area contributed by atoms with E-state index in [1.165, 1.54) is 18.3 Å². The number of carbonyl (C=O) groups excluding carboxylic acids is 2. The van der Waals surface area contributed by atoms with E-state index in [-0.39, 0.29) is 23.9 Å². The van der Waals surface area contributed by atoms with Gasteiger partial charge in [-0.1, -0.05) is 30.3 Å². The molecule has 0 saturated carbocycles. The fourth-order valence-corrected chi connectivity index (χ4v) is 4.86. The lowest BCUT2D eigenvalue weighted by atomic mass is 9.99. The minimum absolute atomic E-state index is 0.102. The number of hydrogen-bond donors (Lipinski definition) is 1. The molecular formula is C28H22FN5O3. The molecule has 0 aliphatic carbocycles. The molecule has 9 heteroatoms. The first kappa shape index (κ1) is 22.7. The van der Waals surface area contributed by atoms with Crippen molar-refractivity contribution in [3.63, 3.8) is 0 Å². The van der Waals surface area contributed by atoms with E-state index in [1.807, 2.05) is 48.5 Å². The van der Waals surface area contributed by atoms with Gasteiger partial charge in [0.25, 0.3) is 5.91 Å². The molecule has 37 heavy (non-hydrogen) atoms. The Kier molecular flexibility index (Phi) is 5.52. The van der Waals surface area contributed by atoms with Gasteiger partial charge < -0.3 is 14.6 Å². The molecule has 3 heterocycles. The third-order valence-electron chi connectivity index (χ3n) is 6.53. The van der Waals surface area contributed by atoms with Crippen LogP contribution in [0.2, 0.25) is 0 Å². The maximum atomic E-state index is 13.4. The highest BCUT2D eigenvalue weighted by Crippen LogP contribution is 2.38. The van der Waals surface area contributed by atoms with Crippen LogP contribution in [-0.4, -0.2) is 32.6 Å². The molecule has 1 N–H and O–H groups in total. The molecule has 0 unspecified atom stereocenters.